The van der Waals surface area contributed by atoms with Gasteiger partial charge in [0.05, 0.1) is 29.2 Å². The third-order valence-electron chi connectivity index (χ3n) is 3.94. The van der Waals surface area contributed by atoms with Gasteiger partial charge in [-0.3, -0.25) is 9.97 Å². The van der Waals surface area contributed by atoms with Gasteiger partial charge < -0.3 is 4.57 Å². The highest BCUT2D eigenvalue weighted by Gasteiger charge is 1.98. The molecule has 5 heteroatoms. The molecule has 5 rings (SSSR count). The summed E-state index contributed by atoms with van der Waals surface area (Å²) in [6, 6.07) is 20.3. The lowest BCUT2D eigenvalue weighted by Crippen LogP contribution is -1.91. The minimum absolute atomic E-state index is 1.02. The van der Waals surface area contributed by atoms with E-state index in [1.165, 1.54) is 5.39 Å². The van der Waals surface area contributed by atoms with Crippen molar-refractivity contribution in [2.24, 2.45) is 0 Å². The van der Waals surface area contributed by atoms with Crippen molar-refractivity contribution in [2.75, 3.05) is 0 Å². The Bertz CT molecular complexity index is 1150. The first-order valence-electron chi connectivity index (χ1n) is 8.13. The highest BCUT2D eigenvalue weighted by Crippen LogP contribution is 2.16. The first-order chi connectivity index (χ1) is 12.8. The maximum absolute atomic E-state index is 4.39. The minimum Gasteiger partial charge on any atom is -0.305 e. The molecule has 0 unspecified atom stereocenters. The number of para-hydroxylation sites is 2. The van der Waals surface area contributed by atoms with Crippen molar-refractivity contribution >= 4 is 37.7 Å². The summed E-state index contributed by atoms with van der Waals surface area (Å²) in [6.45, 7) is 0. The van der Waals surface area contributed by atoms with Gasteiger partial charge in [-0.15, -0.1) is 0 Å². The quantitative estimate of drug-likeness (QED) is 0.376. The monoisotopic (exact) mass is 402 g/mol. The predicted molar refractivity (Wildman–Crippen MR) is 108 cm³/mol. The number of imidazole rings is 1. The number of hydrogen-bond donors (Lipinski definition) is 0. The van der Waals surface area contributed by atoms with Crippen LogP contribution >= 0.6 is 15.9 Å². The zero-order valence-electron chi connectivity index (χ0n) is 13.8. The molecular weight excluding hydrogens is 388 g/mol. The van der Waals surface area contributed by atoms with E-state index in [0.29, 0.717) is 0 Å². The lowest BCUT2D eigenvalue weighted by Gasteiger charge is -2.02. The number of aromatic nitrogens is 4. The van der Waals surface area contributed by atoms with E-state index in [2.05, 4.69) is 49.1 Å². The lowest BCUT2D eigenvalue weighted by molar-refractivity contribution is 1.05. The molecule has 26 heavy (non-hydrogen) atoms. The Morgan fingerprint density at radius 2 is 1.42 bits per heavy atom. The van der Waals surface area contributed by atoms with Crippen LogP contribution in [-0.4, -0.2) is 19.5 Å². The standard InChI is InChI=1S/C12H9N3.C9H6BrN/c1-2-4-12-10(3-1)7-11(8-14-12)15-6-5-13-9-15;10-8-5-7-3-1-2-4-9(7)11-6-8/h1-9H;1-6H. The van der Waals surface area contributed by atoms with Gasteiger partial charge in [0, 0.05) is 33.8 Å². The largest absolute Gasteiger partial charge is 0.305 e. The van der Waals surface area contributed by atoms with Crippen LogP contribution in [0.3, 0.4) is 0 Å². The number of nitrogens with zero attached hydrogens (tertiary/aromatic N) is 4. The highest BCUT2D eigenvalue weighted by molar-refractivity contribution is 9.10. The molecule has 0 aliphatic heterocycles. The zero-order chi connectivity index (χ0) is 17.8. The Balaban J connectivity index is 0.000000136. The number of pyridine rings is 2. The average molecular weight is 403 g/mol. The molecule has 0 radical (unpaired) electrons. The summed E-state index contributed by atoms with van der Waals surface area (Å²) in [5, 5.41) is 2.31. The summed E-state index contributed by atoms with van der Waals surface area (Å²) < 4.78 is 2.97. The van der Waals surface area contributed by atoms with E-state index >= 15 is 0 Å². The van der Waals surface area contributed by atoms with Crippen molar-refractivity contribution in [3.8, 4) is 5.69 Å². The first kappa shape index (κ1) is 16.4. The van der Waals surface area contributed by atoms with Gasteiger partial charge in [-0.2, -0.15) is 0 Å². The van der Waals surface area contributed by atoms with E-state index in [4.69, 9.17) is 0 Å². The van der Waals surface area contributed by atoms with Crippen LogP contribution in [0.25, 0.3) is 27.5 Å². The SMILES string of the molecule is Brc1cnc2ccccc2c1.c1ccc2ncc(-n3ccnc3)cc2c1. The van der Waals surface area contributed by atoms with Crippen LogP contribution < -0.4 is 0 Å². The minimum atomic E-state index is 1.02. The topological polar surface area (TPSA) is 43.6 Å². The number of fused-ring (bicyclic) bond motifs is 2. The molecule has 0 aliphatic rings. The fraction of sp³-hybridized carbons (Fsp3) is 0. The molecule has 0 bridgehead atoms. The molecule has 126 valence electrons. The third kappa shape index (κ3) is 3.63. The lowest BCUT2D eigenvalue weighted by atomic mass is 10.2. The fourth-order valence-electron chi connectivity index (χ4n) is 2.66. The van der Waals surface area contributed by atoms with Gasteiger partial charge in [-0.1, -0.05) is 36.4 Å². The summed E-state index contributed by atoms with van der Waals surface area (Å²) in [5.74, 6) is 0. The second-order valence-electron chi connectivity index (χ2n) is 5.70. The van der Waals surface area contributed by atoms with Crippen molar-refractivity contribution in [3.05, 3.63) is 96.3 Å². The molecule has 0 N–H and O–H groups in total. The molecule has 2 aromatic carbocycles. The fourth-order valence-corrected chi connectivity index (χ4v) is 3.01. The van der Waals surface area contributed by atoms with Gasteiger partial charge in [-0.05, 0) is 40.2 Å². The maximum atomic E-state index is 4.39. The smallest absolute Gasteiger partial charge is 0.0992 e. The molecule has 3 heterocycles. The van der Waals surface area contributed by atoms with Crippen LogP contribution in [0.15, 0.2) is 96.3 Å². The number of benzene rings is 2. The molecule has 5 aromatic rings. The van der Waals surface area contributed by atoms with Crippen molar-refractivity contribution in [1.29, 1.82) is 0 Å². The summed E-state index contributed by atoms with van der Waals surface area (Å²) in [4.78, 5) is 12.6. The molecule has 0 atom stereocenters. The first-order valence-corrected chi connectivity index (χ1v) is 8.92. The van der Waals surface area contributed by atoms with Crippen LogP contribution in [0.4, 0.5) is 0 Å². The average Bonchev–Trinajstić information content (AvgIpc) is 3.23. The third-order valence-corrected chi connectivity index (χ3v) is 4.37. The van der Waals surface area contributed by atoms with Crippen LogP contribution in [0.2, 0.25) is 0 Å². The normalized spacial score (nSPS) is 10.5. The molecule has 0 fully saturated rings. The summed E-state index contributed by atoms with van der Waals surface area (Å²) in [6.07, 6.45) is 9.10. The van der Waals surface area contributed by atoms with E-state index in [1.54, 1.807) is 12.5 Å². The van der Waals surface area contributed by atoms with E-state index in [0.717, 1.165) is 26.6 Å². The number of hydrogen-bond acceptors (Lipinski definition) is 3. The zero-order valence-corrected chi connectivity index (χ0v) is 15.4. The van der Waals surface area contributed by atoms with Crippen LogP contribution in [-0.2, 0) is 0 Å². The Morgan fingerprint density at radius 3 is 2.12 bits per heavy atom. The van der Waals surface area contributed by atoms with Crippen molar-refractivity contribution in [3.63, 3.8) is 0 Å². The molecule has 0 aliphatic carbocycles. The van der Waals surface area contributed by atoms with Crippen molar-refractivity contribution in [1.82, 2.24) is 19.5 Å². The number of rotatable bonds is 1. The molecule has 4 nitrogen and oxygen atoms in total. The Morgan fingerprint density at radius 1 is 0.769 bits per heavy atom. The second-order valence-corrected chi connectivity index (χ2v) is 6.62. The summed E-state index contributed by atoms with van der Waals surface area (Å²) in [7, 11) is 0. The van der Waals surface area contributed by atoms with Crippen LogP contribution in [0.5, 0.6) is 0 Å². The van der Waals surface area contributed by atoms with Gasteiger partial charge in [0.1, 0.15) is 0 Å². The second kappa shape index (κ2) is 7.45. The van der Waals surface area contributed by atoms with Gasteiger partial charge in [0.2, 0.25) is 0 Å². The van der Waals surface area contributed by atoms with Gasteiger partial charge in [0.15, 0.2) is 0 Å². The van der Waals surface area contributed by atoms with Gasteiger partial charge in [0.25, 0.3) is 0 Å². The maximum Gasteiger partial charge on any atom is 0.0992 e. The Labute approximate surface area is 159 Å². The van der Waals surface area contributed by atoms with E-state index in [-0.39, 0.29) is 0 Å². The Kier molecular flexibility index (Phi) is 4.71. The van der Waals surface area contributed by atoms with E-state index < -0.39 is 0 Å². The van der Waals surface area contributed by atoms with Gasteiger partial charge >= 0.3 is 0 Å². The van der Waals surface area contributed by atoms with E-state index in [1.807, 2.05) is 65.6 Å². The summed E-state index contributed by atoms with van der Waals surface area (Å²) >= 11 is 3.37. The van der Waals surface area contributed by atoms with Crippen molar-refractivity contribution in [2.45, 2.75) is 0 Å². The molecule has 3 aromatic heterocycles. The number of halogens is 1. The molecule has 0 amide bonds. The van der Waals surface area contributed by atoms with Crippen molar-refractivity contribution < 1.29 is 0 Å². The van der Waals surface area contributed by atoms with Crippen LogP contribution in [0, 0.1) is 0 Å². The molecule has 0 spiro atoms. The molecule has 0 saturated carbocycles. The highest BCUT2D eigenvalue weighted by atomic mass is 79.9. The predicted octanol–water partition coefficient (Wildman–Crippen LogP) is 5.42. The molecule has 0 saturated heterocycles. The molecular formula is C21H15BrN4. The summed E-state index contributed by atoms with van der Waals surface area (Å²) in [5.41, 5.74) is 3.09. The van der Waals surface area contributed by atoms with E-state index in [9.17, 15) is 0 Å². The van der Waals surface area contributed by atoms with Gasteiger partial charge in [-0.25, -0.2) is 4.98 Å². The Hall–Kier alpha value is -3.05. The van der Waals surface area contributed by atoms with Crippen LogP contribution in [0.1, 0.15) is 0 Å².